The van der Waals surface area contributed by atoms with Crippen molar-refractivity contribution >= 4 is 40.9 Å². The third-order valence-corrected chi connectivity index (χ3v) is 5.15. The number of hydrogen-bond acceptors (Lipinski definition) is 3. The van der Waals surface area contributed by atoms with Gasteiger partial charge in [-0.15, -0.1) is 11.8 Å². The lowest BCUT2D eigenvalue weighted by molar-refractivity contribution is -0.128. The highest BCUT2D eigenvalue weighted by Gasteiger charge is 2.19. The summed E-state index contributed by atoms with van der Waals surface area (Å²) in [5.74, 6) is 1.25. The van der Waals surface area contributed by atoms with E-state index in [9.17, 15) is 4.79 Å². The fourth-order valence-corrected chi connectivity index (χ4v) is 3.56. The van der Waals surface area contributed by atoms with Crippen molar-refractivity contribution in [3.63, 3.8) is 0 Å². The molecular formula is C17H18Cl2N2OS. The number of carbonyl (C=O) groups excluding carboxylic acids is 1. The molecule has 1 unspecified atom stereocenters. The van der Waals surface area contributed by atoms with E-state index in [1.54, 1.807) is 42.0 Å². The molecule has 1 aromatic carbocycles. The SMILES string of the molecule is CC(c1ccc(Cl)cc1Cl)N(C)C(=O)CSCc1cccnc1. The Bertz CT molecular complexity index is 667. The van der Waals surface area contributed by atoms with Crippen LogP contribution in [-0.4, -0.2) is 28.6 Å². The van der Waals surface area contributed by atoms with E-state index in [2.05, 4.69) is 4.98 Å². The van der Waals surface area contributed by atoms with E-state index in [-0.39, 0.29) is 11.9 Å². The molecule has 0 saturated carbocycles. The summed E-state index contributed by atoms with van der Waals surface area (Å²) < 4.78 is 0. The number of rotatable bonds is 6. The van der Waals surface area contributed by atoms with E-state index in [1.165, 1.54) is 0 Å². The Morgan fingerprint density at radius 2 is 2.13 bits per heavy atom. The molecule has 6 heteroatoms. The molecule has 0 bridgehead atoms. The van der Waals surface area contributed by atoms with Crippen LogP contribution in [0.25, 0.3) is 0 Å². The molecule has 1 atom stereocenters. The van der Waals surface area contributed by atoms with Gasteiger partial charge in [0.1, 0.15) is 0 Å². The number of halogens is 2. The van der Waals surface area contributed by atoms with E-state index in [1.807, 2.05) is 31.3 Å². The zero-order valence-electron chi connectivity index (χ0n) is 13.0. The summed E-state index contributed by atoms with van der Waals surface area (Å²) >= 11 is 13.7. The predicted octanol–water partition coefficient (Wildman–Crippen LogP) is 4.84. The van der Waals surface area contributed by atoms with Crippen molar-refractivity contribution in [1.82, 2.24) is 9.88 Å². The Morgan fingerprint density at radius 3 is 2.78 bits per heavy atom. The Labute approximate surface area is 151 Å². The lowest BCUT2D eigenvalue weighted by atomic mass is 10.1. The monoisotopic (exact) mass is 368 g/mol. The number of hydrogen-bond donors (Lipinski definition) is 0. The minimum absolute atomic E-state index is 0.0670. The molecule has 3 nitrogen and oxygen atoms in total. The molecule has 1 aromatic heterocycles. The zero-order chi connectivity index (χ0) is 16.8. The standard InChI is InChI=1S/C17H18Cl2N2OS/c1-12(15-6-5-14(18)8-16(15)19)21(2)17(22)11-23-10-13-4-3-7-20-9-13/h3-9,12H,10-11H2,1-2H3. The molecule has 2 aromatic rings. The first-order valence-corrected chi connectivity index (χ1v) is 9.07. The van der Waals surface area contributed by atoms with Crippen molar-refractivity contribution in [2.75, 3.05) is 12.8 Å². The summed E-state index contributed by atoms with van der Waals surface area (Å²) in [4.78, 5) is 18.1. The summed E-state index contributed by atoms with van der Waals surface area (Å²) in [7, 11) is 1.79. The molecule has 1 heterocycles. The number of benzene rings is 1. The van der Waals surface area contributed by atoms with Gasteiger partial charge in [0.15, 0.2) is 0 Å². The summed E-state index contributed by atoms with van der Waals surface area (Å²) in [6.45, 7) is 1.96. The van der Waals surface area contributed by atoms with E-state index >= 15 is 0 Å². The van der Waals surface area contributed by atoms with Gasteiger partial charge in [-0.3, -0.25) is 9.78 Å². The Hall–Kier alpha value is -1.23. The van der Waals surface area contributed by atoms with Gasteiger partial charge in [-0.25, -0.2) is 0 Å². The van der Waals surface area contributed by atoms with Gasteiger partial charge in [-0.1, -0.05) is 35.3 Å². The van der Waals surface area contributed by atoms with Gasteiger partial charge in [-0.05, 0) is 36.2 Å². The number of thioether (sulfide) groups is 1. The molecule has 122 valence electrons. The van der Waals surface area contributed by atoms with E-state index in [0.717, 1.165) is 16.9 Å². The molecule has 0 aliphatic carbocycles. The molecular weight excluding hydrogens is 351 g/mol. The van der Waals surface area contributed by atoms with Crippen LogP contribution < -0.4 is 0 Å². The lowest BCUT2D eigenvalue weighted by Gasteiger charge is -2.26. The highest BCUT2D eigenvalue weighted by Crippen LogP contribution is 2.29. The van der Waals surface area contributed by atoms with Crippen molar-refractivity contribution in [1.29, 1.82) is 0 Å². The van der Waals surface area contributed by atoms with Gasteiger partial charge < -0.3 is 4.90 Å². The average molecular weight is 369 g/mol. The minimum Gasteiger partial charge on any atom is -0.338 e. The van der Waals surface area contributed by atoms with Crippen molar-refractivity contribution in [3.8, 4) is 0 Å². The molecule has 0 aliphatic rings. The quantitative estimate of drug-likeness (QED) is 0.730. The normalized spacial score (nSPS) is 12.0. The van der Waals surface area contributed by atoms with Crippen LogP contribution in [0.4, 0.5) is 0 Å². The van der Waals surface area contributed by atoms with E-state index < -0.39 is 0 Å². The lowest BCUT2D eigenvalue weighted by Crippen LogP contribution is -2.31. The van der Waals surface area contributed by atoms with Gasteiger partial charge in [0, 0.05) is 35.2 Å². The van der Waals surface area contributed by atoms with Crippen LogP contribution in [0.15, 0.2) is 42.7 Å². The second-order valence-corrected chi connectivity index (χ2v) is 7.03. The largest absolute Gasteiger partial charge is 0.338 e. The maximum absolute atomic E-state index is 12.3. The maximum atomic E-state index is 12.3. The predicted molar refractivity (Wildman–Crippen MR) is 98.0 cm³/mol. The molecule has 0 N–H and O–H groups in total. The Balaban J connectivity index is 1.91. The smallest absolute Gasteiger partial charge is 0.232 e. The first kappa shape index (κ1) is 18.1. The zero-order valence-corrected chi connectivity index (χ0v) is 15.3. The van der Waals surface area contributed by atoms with Crippen LogP contribution in [0.2, 0.25) is 10.0 Å². The van der Waals surface area contributed by atoms with Crippen molar-refractivity contribution in [3.05, 3.63) is 63.9 Å². The molecule has 2 rings (SSSR count). The highest BCUT2D eigenvalue weighted by atomic mass is 35.5. The van der Waals surface area contributed by atoms with Gasteiger partial charge >= 0.3 is 0 Å². The van der Waals surface area contributed by atoms with Gasteiger partial charge in [0.25, 0.3) is 0 Å². The second-order valence-electron chi connectivity index (χ2n) is 5.20. The maximum Gasteiger partial charge on any atom is 0.232 e. The molecule has 0 fully saturated rings. The first-order valence-electron chi connectivity index (χ1n) is 7.16. The van der Waals surface area contributed by atoms with Gasteiger partial charge in [0.2, 0.25) is 5.91 Å². The second kappa shape index (κ2) is 8.57. The van der Waals surface area contributed by atoms with Crippen LogP contribution in [0.1, 0.15) is 24.1 Å². The van der Waals surface area contributed by atoms with Crippen LogP contribution in [0.3, 0.4) is 0 Å². The third kappa shape index (κ3) is 5.13. The number of nitrogens with zero attached hydrogens (tertiary/aromatic N) is 2. The van der Waals surface area contributed by atoms with Crippen molar-refractivity contribution in [2.24, 2.45) is 0 Å². The molecule has 0 spiro atoms. The van der Waals surface area contributed by atoms with Crippen molar-refractivity contribution in [2.45, 2.75) is 18.7 Å². The van der Waals surface area contributed by atoms with E-state index in [4.69, 9.17) is 23.2 Å². The molecule has 23 heavy (non-hydrogen) atoms. The molecule has 0 radical (unpaired) electrons. The Kier molecular flexibility index (Phi) is 6.75. The van der Waals surface area contributed by atoms with Crippen LogP contribution >= 0.6 is 35.0 Å². The Morgan fingerprint density at radius 1 is 1.35 bits per heavy atom. The number of amides is 1. The summed E-state index contributed by atoms with van der Waals surface area (Å²) in [6.07, 6.45) is 3.56. The first-order chi connectivity index (χ1) is 11.0. The van der Waals surface area contributed by atoms with E-state index in [0.29, 0.717) is 15.8 Å². The fourth-order valence-electron chi connectivity index (χ4n) is 2.11. The van der Waals surface area contributed by atoms with Crippen molar-refractivity contribution < 1.29 is 4.79 Å². The number of carbonyl (C=O) groups is 1. The van der Waals surface area contributed by atoms with Crippen LogP contribution in [-0.2, 0) is 10.5 Å². The third-order valence-electron chi connectivity index (χ3n) is 3.60. The molecule has 1 amide bonds. The fraction of sp³-hybridized carbons (Fsp3) is 0.294. The topological polar surface area (TPSA) is 33.2 Å². The highest BCUT2D eigenvalue weighted by molar-refractivity contribution is 7.99. The number of pyridine rings is 1. The van der Waals surface area contributed by atoms with Gasteiger partial charge in [-0.2, -0.15) is 0 Å². The molecule has 0 saturated heterocycles. The minimum atomic E-state index is -0.105. The summed E-state index contributed by atoms with van der Waals surface area (Å²) in [5.41, 5.74) is 2.01. The summed E-state index contributed by atoms with van der Waals surface area (Å²) in [5, 5.41) is 1.17. The molecule has 0 aliphatic heterocycles. The summed E-state index contributed by atoms with van der Waals surface area (Å²) in [6, 6.07) is 9.14. The van der Waals surface area contributed by atoms with Gasteiger partial charge in [0.05, 0.1) is 11.8 Å². The number of aromatic nitrogens is 1. The average Bonchev–Trinajstić information content (AvgIpc) is 2.54. The van der Waals surface area contributed by atoms with Crippen LogP contribution in [0.5, 0.6) is 0 Å². The van der Waals surface area contributed by atoms with Crippen LogP contribution in [0, 0.1) is 0 Å².